The van der Waals surface area contributed by atoms with Gasteiger partial charge in [-0.1, -0.05) is 6.92 Å². The third kappa shape index (κ3) is 4.83. The SMILES string of the molecule is COC(=O)C[C@H]1c2cc(OC)c(OC)cc2CCN1CC(=O)N1CCC(C)CC1. The highest BCUT2D eigenvalue weighted by Crippen LogP contribution is 2.39. The molecule has 1 fully saturated rings. The molecule has 160 valence electrons. The smallest absolute Gasteiger partial charge is 0.307 e. The van der Waals surface area contributed by atoms with E-state index in [4.69, 9.17) is 14.2 Å². The van der Waals surface area contributed by atoms with Crippen LogP contribution in [0.4, 0.5) is 0 Å². The summed E-state index contributed by atoms with van der Waals surface area (Å²) in [6.07, 6.45) is 3.09. The molecule has 7 nitrogen and oxygen atoms in total. The molecule has 0 bridgehead atoms. The van der Waals surface area contributed by atoms with Crippen LogP contribution in [0, 0.1) is 5.92 Å². The van der Waals surface area contributed by atoms with Crippen molar-refractivity contribution in [2.45, 2.75) is 38.6 Å². The van der Waals surface area contributed by atoms with Gasteiger partial charge in [-0.15, -0.1) is 0 Å². The Morgan fingerprint density at radius 1 is 1.03 bits per heavy atom. The van der Waals surface area contributed by atoms with E-state index in [1.54, 1.807) is 14.2 Å². The van der Waals surface area contributed by atoms with Crippen LogP contribution in [0.25, 0.3) is 0 Å². The predicted molar refractivity (Wildman–Crippen MR) is 109 cm³/mol. The normalized spacial score (nSPS) is 20.1. The van der Waals surface area contributed by atoms with Gasteiger partial charge in [0.25, 0.3) is 0 Å². The van der Waals surface area contributed by atoms with Crippen molar-refractivity contribution in [3.05, 3.63) is 23.3 Å². The van der Waals surface area contributed by atoms with Gasteiger partial charge in [0.2, 0.25) is 5.91 Å². The topological polar surface area (TPSA) is 68.3 Å². The first-order chi connectivity index (χ1) is 14.0. The molecule has 3 rings (SSSR count). The number of hydrogen-bond donors (Lipinski definition) is 0. The second-order valence-corrected chi connectivity index (χ2v) is 7.99. The van der Waals surface area contributed by atoms with Gasteiger partial charge in [0.1, 0.15) is 0 Å². The Labute approximate surface area is 172 Å². The van der Waals surface area contributed by atoms with Gasteiger partial charge in [0.05, 0.1) is 34.3 Å². The van der Waals surface area contributed by atoms with Gasteiger partial charge in [0, 0.05) is 25.7 Å². The van der Waals surface area contributed by atoms with Crippen molar-refractivity contribution in [2.24, 2.45) is 5.92 Å². The summed E-state index contributed by atoms with van der Waals surface area (Å²) < 4.78 is 15.8. The number of carbonyl (C=O) groups excluding carboxylic acids is 2. The van der Waals surface area contributed by atoms with Crippen LogP contribution in [0.1, 0.15) is 43.4 Å². The third-order valence-electron chi connectivity index (χ3n) is 6.18. The summed E-state index contributed by atoms with van der Waals surface area (Å²) in [5.41, 5.74) is 2.12. The summed E-state index contributed by atoms with van der Waals surface area (Å²) in [6.45, 7) is 4.88. The number of amides is 1. The van der Waals surface area contributed by atoms with Crippen molar-refractivity contribution in [1.82, 2.24) is 9.80 Å². The maximum absolute atomic E-state index is 12.9. The number of esters is 1. The molecule has 0 aromatic heterocycles. The van der Waals surface area contributed by atoms with Gasteiger partial charge in [0.15, 0.2) is 11.5 Å². The van der Waals surface area contributed by atoms with Crippen LogP contribution in [-0.4, -0.2) is 69.2 Å². The Balaban J connectivity index is 1.83. The van der Waals surface area contributed by atoms with E-state index in [-0.39, 0.29) is 24.3 Å². The largest absolute Gasteiger partial charge is 0.493 e. The molecule has 2 aliphatic heterocycles. The van der Waals surface area contributed by atoms with Crippen LogP contribution < -0.4 is 9.47 Å². The average Bonchev–Trinajstić information content (AvgIpc) is 2.74. The summed E-state index contributed by atoms with van der Waals surface area (Å²) in [6, 6.07) is 3.68. The molecule has 0 radical (unpaired) electrons. The zero-order chi connectivity index (χ0) is 21.0. The van der Waals surface area contributed by atoms with Gasteiger partial charge in [-0.2, -0.15) is 0 Å². The number of hydrogen-bond acceptors (Lipinski definition) is 6. The van der Waals surface area contributed by atoms with Crippen molar-refractivity contribution >= 4 is 11.9 Å². The van der Waals surface area contributed by atoms with Gasteiger partial charge < -0.3 is 19.1 Å². The Kier molecular flexibility index (Phi) is 7.00. The highest BCUT2D eigenvalue weighted by Gasteiger charge is 2.33. The first-order valence-electron chi connectivity index (χ1n) is 10.3. The van der Waals surface area contributed by atoms with Crippen LogP contribution in [-0.2, 0) is 20.7 Å². The molecule has 7 heteroatoms. The molecule has 1 atom stereocenters. The van der Waals surface area contributed by atoms with E-state index in [0.29, 0.717) is 30.5 Å². The number of carbonyl (C=O) groups is 2. The molecule has 0 spiro atoms. The first-order valence-corrected chi connectivity index (χ1v) is 10.3. The minimum absolute atomic E-state index is 0.135. The number of fused-ring (bicyclic) bond motifs is 1. The molecular formula is C22H32N2O5. The van der Waals surface area contributed by atoms with Crippen LogP contribution in [0.3, 0.4) is 0 Å². The van der Waals surface area contributed by atoms with Gasteiger partial charge in [-0.25, -0.2) is 0 Å². The van der Waals surface area contributed by atoms with Gasteiger partial charge in [-0.3, -0.25) is 14.5 Å². The molecule has 1 saturated heterocycles. The molecule has 0 saturated carbocycles. The van der Waals surface area contributed by atoms with Gasteiger partial charge >= 0.3 is 5.97 Å². The van der Waals surface area contributed by atoms with Crippen molar-refractivity contribution in [1.29, 1.82) is 0 Å². The van der Waals surface area contributed by atoms with Crippen LogP contribution in [0.2, 0.25) is 0 Å². The van der Waals surface area contributed by atoms with Crippen LogP contribution >= 0.6 is 0 Å². The lowest BCUT2D eigenvalue weighted by atomic mass is 9.90. The van der Waals surface area contributed by atoms with Crippen molar-refractivity contribution in [2.75, 3.05) is 47.5 Å². The van der Waals surface area contributed by atoms with E-state index in [9.17, 15) is 9.59 Å². The number of ether oxygens (including phenoxy) is 3. The fourth-order valence-electron chi connectivity index (χ4n) is 4.28. The number of methoxy groups -OCH3 is 3. The molecule has 1 aromatic carbocycles. The summed E-state index contributed by atoms with van der Waals surface area (Å²) in [4.78, 5) is 29.1. The highest BCUT2D eigenvalue weighted by atomic mass is 16.5. The lowest BCUT2D eigenvalue weighted by Crippen LogP contribution is -2.47. The maximum Gasteiger partial charge on any atom is 0.307 e. The van der Waals surface area contributed by atoms with E-state index in [2.05, 4.69) is 11.8 Å². The Morgan fingerprint density at radius 2 is 1.69 bits per heavy atom. The molecule has 2 heterocycles. The Morgan fingerprint density at radius 3 is 2.31 bits per heavy atom. The van der Waals surface area contributed by atoms with E-state index in [0.717, 1.165) is 43.5 Å². The molecule has 1 amide bonds. The fraction of sp³-hybridized carbons (Fsp3) is 0.636. The number of benzene rings is 1. The Hall–Kier alpha value is -2.28. The van der Waals surface area contributed by atoms with Crippen molar-refractivity contribution < 1.29 is 23.8 Å². The summed E-state index contributed by atoms with van der Waals surface area (Å²) in [5.74, 6) is 1.82. The summed E-state index contributed by atoms with van der Waals surface area (Å²) in [7, 11) is 4.61. The molecule has 0 N–H and O–H groups in total. The van der Waals surface area contributed by atoms with E-state index in [1.807, 2.05) is 17.0 Å². The molecule has 0 aliphatic carbocycles. The third-order valence-corrected chi connectivity index (χ3v) is 6.18. The van der Waals surface area contributed by atoms with E-state index >= 15 is 0 Å². The molecule has 1 aromatic rings. The predicted octanol–water partition coefficient (Wildman–Crippen LogP) is 2.42. The second kappa shape index (κ2) is 9.48. The monoisotopic (exact) mass is 404 g/mol. The van der Waals surface area contributed by atoms with E-state index in [1.165, 1.54) is 7.11 Å². The molecule has 29 heavy (non-hydrogen) atoms. The van der Waals surface area contributed by atoms with Crippen LogP contribution in [0.15, 0.2) is 12.1 Å². The molecular weight excluding hydrogens is 372 g/mol. The molecule has 2 aliphatic rings. The number of likely N-dealkylation sites (tertiary alicyclic amines) is 1. The number of rotatable bonds is 6. The number of piperidine rings is 1. The van der Waals surface area contributed by atoms with Gasteiger partial charge in [-0.05, 0) is 48.4 Å². The summed E-state index contributed by atoms with van der Waals surface area (Å²) in [5, 5.41) is 0. The minimum atomic E-state index is -0.290. The van der Waals surface area contributed by atoms with Crippen molar-refractivity contribution in [3.8, 4) is 11.5 Å². The van der Waals surface area contributed by atoms with Crippen LogP contribution in [0.5, 0.6) is 11.5 Å². The first kappa shape index (κ1) is 21.4. The minimum Gasteiger partial charge on any atom is -0.493 e. The lowest BCUT2D eigenvalue weighted by Gasteiger charge is -2.38. The average molecular weight is 405 g/mol. The quantitative estimate of drug-likeness (QED) is 0.679. The highest BCUT2D eigenvalue weighted by molar-refractivity contribution is 5.79. The number of nitrogens with zero attached hydrogens (tertiary/aromatic N) is 2. The molecule has 0 unspecified atom stereocenters. The Bertz CT molecular complexity index is 743. The maximum atomic E-state index is 12.9. The zero-order valence-corrected chi connectivity index (χ0v) is 17.9. The van der Waals surface area contributed by atoms with E-state index < -0.39 is 0 Å². The van der Waals surface area contributed by atoms with Crippen molar-refractivity contribution in [3.63, 3.8) is 0 Å². The zero-order valence-electron chi connectivity index (χ0n) is 17.9. The second-order valence-electron chi connectivity index (χ2n) is 7.99. The standard InChI is InChI=1S/C22H32N2O5/c1-15-5-8-23(9-6-15)21(25)14-24-10-7-16-11-19(27-2)20(28-3)12-17(16)18(24)13-22(26)29-4/h11-12,15,18H,5-10,13-14H2,1-4H3/t18-/m0/s1. The fourth-order valence-corrected chi connectivity index (χ4v) is 4.28. The lowest BCUT2D eigenvalue weighted by molar-refractivity contribution is -0.143. The summed E-state index contributed by atoms with van der Waals surface area (Å²) >= 11 is 0.